The number of rotatable bonds is 7. The van der Waals surface area contributed by atoms with Crippen LogP contribution < -0.4 is 26.8 Å². The van der Waals surface area contributed by atoms with Crippen molar-refractivity contribution in [1.82, 2.24) is 9.97 Å². The van der Waals surface area contributed by atoms with Gasteiger partial charge in [-0.3, -0.25) is 4.79 Å². The fraction of sp³-hybridized carbons (Fsp3) is 0.389. The number of benzene rings is 1. The van der Waals surface area contributed by atoms with Gasteiger partial charge in [-0.2, -0.15) is 13.8 Å². The van der Waals surface area contributed by atoms with E-state index >= 15 is 0 Å². The first-order valence-corrected chi connectivity index (χ1v) is 9.41. The van der Waals surface area contributed by atoms with Crippen molar-refractivity contribution in [2.45, 2.75) is 38.3 Å². The SMILES string of the molecule is NC(=O)C1CCCC[C@H]1Nc1nc(Nc2ccc(N)cc2OC(F)F)ncc1Cl. The molecule has 29 heavy (non-hydrogen) atoms. The molecule has 1 aliphatic carbocycles. The van der Waals surface area contributed by atoms with E-state index in [1.807, 2.05) is 0 Å². The van der Waals surface area contributed by atoms with Crippen molar-refractivity contribution in [2.75, 3.05) is 16.4 Å². The Kier molecular flexibility index (Phi) is 6.53. The van der Waals surface area contributed by atoms with E-state index in [9.17, 15) is 13.6 Å². The molecule has 1 fully saturated rings. The molecule has 1 aromatic heterocycles. The van der Waals surface area contributed by atoms with Crippen molar-refractivity contribution < 1.29 is 18.3 Å². The molecule has 0 saturated heterocycles. The van der Waals surface area contributed by atoms with E-state index in [4.69, 9.17) is 23.1 Å². The van der Waals surface area contributed by atoms with E-state index in [-0.39, 0.29) is 46.0 Å². The number of nitrogen functional groups attached to an aromatic ring is 1. The van der Waals surface area contributed by atoms with Crippen LogP contribution in [-0.4, -0.2) is 28.5 Å². The number of alkyl halides is 2. The summed E-state index contributed by atoms with van der Waals surface area (Å²) in [6, 6.07) is 4.07. The number of nitrogens with one attached hydrogen (secondary N) is 2. The first-order chi connectivity index (χ1) is 13.8. The van der Waals surface area contributed by atoms with Gasteiger partial charge < -0.3 is 26.8 Å². The molecule has 2 aromatic rings. The summed E-state index contributed by atoms with van der Waals surface area (Å²) in [5.41, 5.74) is 11.6. The van der Waals surface area contributed by atoms with Gasteiger partial charge in [0.25, 0.3) is 0 Å². The number of carbonyl (C=O) groups is 1. The minimum atomic E-state index is -3.02. The lowest BCUT2D eigenvalue weighted by Gasteiger charge is -2.30. The van der Waals surface area contributed by atoms with Crippen LogP contribution in [0, 0.1) is 5.92 Å². The fourth-order valence-corrected chi connectivity index (χ4v) is 3.45. The zero-order valence-electron chi connectivity index (χ0n) is 15.4. The molecule has 2 atom stereocenters. The summed E-state index contributed by atoms with van der Waals surface area (Å²) in [6.45, 7) is -3.02. The molecule has 1 unspecified atom stereocenters. The molecule has 1 heterocycles. The van der Waals surface area contributed by atoms with Crippen LogP contribution in [0.25, 0.3) is 0 Å². The van der Waals surface area contributed by atoms with Gasteiger partial charge in [0.05, 0.1) is 17.8 Å². The molecule has 0 radical (unpaired) electrons. The molecule has 1 aliphatic rings. The fourth-order valence-electron chi connectivity index (χ4n) is 3.30. The third-order valence-corrected chi connectivity index (χ3v) is 4.94. The summed E-state index contributed by atoms with van der Waals surface area (Å²) < 4.78 is 29.8. The Hall–Kier alpha value is -2.88. The Morgan fingerprint density at radius 1 is 1.31 bits per heavy atom. The second-order valence-corrected chi connectivity index (χ2v) is 7.10. The lowest BCUT2D eigenvalue weighted by atomic mass is 9.84. The van der Waals surface area contributed by atoms with Crippen molar-refractivity contribution in [3.8, 4) is 5.75 Å². The van der Waals surface area contributed by atoms with Crippen LogP contribution in [0.15, 0.2) is 24.4 Å². The molecule has 1 aromatic carbocycles. The van der Waals surface area contributed by atoms with Crippen molar-refractivity contribution in [3.63, 3.8) is 0 Å². The van der Waals surface area contributed by atoms with Crippen LogP contribution in [0.5, 0.6) is 5.75 Å². The second-order valence-electron chi connectivity index (χ2n) is 6.69. The Labute approximate surface area is 171 Å². The maximum absolute atomic E-state index is 12.7. The average molecular weight is 427 g/mol. The summed E-state index contributed by atoms with van der Waals surface area (Å²) in [5, 5.41) is 6.24. The van der Waals surface area contributed by atoms with E-state index in [1.165, 1.54) is 24.4 Å². The highest BCUT2D eigenvalue weighted by Crippen LogP contribution is 2.32. The Morgan fingerprint density at radius 2 is 2.07 bits per heavy atom. The molecular weight excluding hydrogens is 406 g/mol. The van der Waals surface area contributed by atoms with E-state index in [0.717, 1.165) is 19.3 Å². The van der Waals surface area contributed by atoms with Crippen LogP contribution >= 0.6 is 11.6 Å². The van der Waals surface area contributed by atoms with Crippen LogP contribution in [-0.2, 0) is 4.79 Å². The minimum absolute atomic E-state index is 0.104. The Morgan fingerprint density at radius 3 is 2.79 bits per heavy atom. The number of hydrogen-bond acceptors (Lipinski definition) is 7. The van der Waals surface area contributed by atoms with Crippen LogP contribution in [0.1, 0.15) is 25.7 Å². The third-order valence-electron chi connectivity index (χ3n) is 4.67. The van der Waals surface area contributed by atoms with Gasteiger partial charge in [-0.1, -0.05) is 24.4 Å². The highest BCUT2D eigenvalue weighted by atomic mass is 35.5. The van der Waals surface area contributed by atoms with Gasteiger partial charge in [-0.05, 0) is 25.0 Å². The van der Waals surface area contributed by atoms with Gasteiger partial charge in [-0.25, -0.2) is 4.98 Å². The molecule has 0 bridgehead atoms. The van der Waals surface area contributed by atoms with Crippen molar-refractivity contribution in [3.05, 3.63) is 29.4 Å². The molecule has 8 nitrogen and oxygen atoms in total. The number of ether oxygens (including phenoxy) is 1. The summed E-state index contributed by atoms with van der Waals surface area (Å²) >= 11 is 6.19. The molecule has 6 N–H and O–H groups in total. The van der Waals surface area contributed by atoms with Crippen molar-refractivity contribution in [2.24, 2.45) is 11.7 Å². The number of hydrogen-bond donors (Lipinski definition) is 4. The molecule has 3 rings (SSSR count). The Bertz CT molecular complexity index is 885. The lowest BCUT2D eigenvalue weighted by molar-refractivity contribution is -0.122. The molecule has 156 valence electrons. The molecule has 1 saturated carbocycles. The average Bonchev–Trinajstić information content (AvgIpc) is 2.66. The zero-order chi connectivity index (χ0) is 21.0. The first kappa shape index (κ1) is 20.8. The van der Waals surface area contributed by atoms with Gasteiger partial charge >= 0.3 is 6.61 Å². The van der Waals surface area contributed by atoms with Gasteiger partial charge in [0.15, 0.2) is 11.6 Å². The van der Waals surface area contributed by atoms with Gasteiger partial charge in [-0.15, -0.1) is 0 Å². The zero-order valence-corrected chi connectivity index (χ0v) is 16.1. The smallest absolute Gasteiger partial charge is 0.387 e. The maximum Gasteiger partial charge on any atom is 0.387 e. The van der Waals surface area contributed by atoms with Crippen molar-refractivity contribution >= 4 is 40.6 Å². The maximum atomic E-state index is 12.7. The number of nitrogens with zero attached hydrogens (tertiary/aromatic N) is 2. The Balaban J connectivity index is 1.82. The lowest BCUT2D eigenvalue weighted by Crippen LogP contribution is -2.40. The first-order valence-electron chi connectivity index (χ1n) is 9.03. The monoisotopic (exact) mass is 426 g/mol. The van der Waals surface area contributed by atoms with Gasteiger partial charge in [0, 0.05) is 17.8 Å². The standard InChI is InChI=1S/C18H21ClF2N6O2/c19-11-8-24-18(26-13-6-5-9(22)7-14(13)29-17(20)21)27-16(11)25-12-4-2-1-3-10(12)15(23)28/h5-8,10,12,17H,1-4,22H2,(H2,23,28)(H2,24,25,26,27)/t10?,12-/m1/s1. The number of amides is 1. The van der Waals surface area contributed by atoms with E-state index in [0.29, 0.717) is 12.2 Å². The number of anilines is 4. The summed E-state index contributed by atoms with van der Waals surface area (Å²) in [5.74, 6) is -0.425. The predicted octanol–water partition coefficient (Wildman–Crippen LogP) is 3.51. The summed E-state index contributed by atoms with van der Waals surface area (Å²) in [7, 11) is 0. The largest absolute Gasteiger partial charge is 0.433 e. The number of carbonyl (C=O) groups excluding carboxylic acids is 1. The third kappa shape index (κ3) is 5.35. The van der Waals surface area contributed by atoms with Crippen molar-refractivity contribution in [1.29, 1.82) is 0 Å². The van der Waals surface area contributed by atoms with Gasteiger partial charge in [0.1, 0.15) is 5.02 Å². The topological polar surface area (TPSA) is 128 Å². The highest BCUT2D eigenvalue weighted by molar-refractivity contribution is 6.32. The summed E-state index contributed by atoms with van der Waals surface area (Å²) in [6.07, 6.45) is 4.70. The minimum Gasteiger partial charge on any atom is -0.433 e. The number of primary amides is 1. The molecule has 0 spiro atoms. The van der Waals surface area contributed by atoms with E-state index in [2.05, 4.69) is 25.3 Å². The molecule has 1 amide bonds. The molecule has 0 aliphatic heterocycles. The predicted molar refractivity (Wildman–Crippen MR) is 106 cm³/mol. The van der Waals surface area contributed by atoms with Crippen LogP contribution in [0.2, 0.25) is 5.02 Å². The summed E-state index contributed by atoms with van der Waals surface area (Å²) in [4.78, 5) is 20.1. The number of aromatic nitrogens is 2. The van der Waals surface area contributed by atoms with Crippen LogP contribution in [0.4, 0.5) is 31.9 Å². The molecule has 11 heteroatoms. The van der Waals surface area contributed by atoms with Gasteiger partial charge in [0.2, 0.25) is 11.9 Å². The van der Waals surface area contributed by atoms with Crippen LogP contribution in [0.3, 0.4) is 0 Å². The highest BCUT2D eigenvalue weighted by Gasteiger charge is 2.30. The normalized spacial score (nSPS) is 19.0. The quantitative estimate of drug-likeness (QED) is 0.498. The number of halogens is 3. The number of nitrogens with two attached hydrogens (primary N) is 2. The van der Waals surface area contributed by atoms with E-state index < -0.39 is 6.61 Å². The van der Waals surface area contributed by atoms with E-state index in [1.54, 1.807) is 0 Å². The molecular formula is C18H21ClF2N6O2. The second kappa shape index (κ2) is 9.08.